The minimum absolute atomic E-state index is 0.141. The summed E-state index contributed by atoms with van der Waals surface area (Å²) in [5.41, 5.74) is 11.6. The Hall–Kier alpha value is -6.59. The molecule has 1 atom stereocenters. The van der Waals surface area contributed by atoms with E-state index in [-0.39, 0.29) is 36.2 Å². The number of amides is 5. The molecule has 3 N–H and O–H groups in total. The lowest BCUT2D eigenvalue weighted by atomic mass is 9.94. The Morgan fingerprint density at radius 3 is 2.15 bits per heavy atom. The summed E-state index contributed by atoms with van der Waals surface area (Å²) in [5.74, 6) is 1.73. The fourth-order valence-electron chi connectivity index (χ4n) is 11.5. The third-order valence-corrected chi connectivity index (χ3v) is 15.4. The first kappa shape index (κ1) is 43.9. The van der Waals surface area contributed by atoms with Crippen molar-refractivity contribution < 1.29 is 23.9 Å². The molecule has 2 aromatic heterocycles. The number of aromatic nitrogens is 4. The van der Waals surface area contributed by atoms with Gasteiger partial charge < -0.3 is 35.0 Å². The van der Waals surface area contributed by atoms with Gasteiger partial charge in [-0.2, -0.15) is 5.10 Å². The summed E-state index contributed by atoms with van der Waals surface area (Å²) in [5, 5.41) is 8.30. The average molecular weight is 921 g/mol. The molecule has 0 radical (unpaired) electrons. The van der Waals surface area contributed by atoms with E-state index in [0.717, 1.165) is 156 Å². The molecule has 17 nitrogen and oxygen atoms in total. The standard InChI is InChI=1S/C51H60N12O5/c52-47-45-46(35-6-9-41(10-7-35)68-40-4-2-1-3-5-40)56-63(48(45)54-33-53-47)38-16-20-57(21-17-38)31-34-14-22-60(23-15-34)51(67)61-24-18-37(19-25-61)58-26-28-59(29-27-58)39-8-11-42-36(30-39)32-62(50(42)66)43-12-13-44(64)55-49(43)65/h1-11,30,33-34,37-38,43H,12-29,31-32H2,(H2,52,53,54)(H,55,64,65). The van der Waals surface area contributed by atoms with Gasteiger partial charge in [0.2, 0.25) is 11.8 Å². The Bertz CT molecular complexity index is 2660. The number of urea groups is 1. The van der Waals surface area contributed by atoms with Crippen LogP contribution in [-0.4, -0.2) is 152 Å². The molecule has 0 spiro atoms. The number of benzene rings is 3. The highest BCUT2D eigenvalue weighted by Gasteiger charge is 2.40. The number of hydrogen-bond acceptors (Lipinski definition) is 12. The first-order valence-corrected chi connectivity index (χ1v) is 24.6. The van der Waals surface area contributed by atoms with Crippen LogP contribution in [0, 0.1) is 5.92 Å². The number of piperazine rings is 1. The van der Waals surface area contributed by atoms with E-state index in [1.165, 1.54) is 6.33 Å². The molecule has 5 amide bonds. The average Bonchev–Trinajstić information content (AvgIpc) is 3.93. The first-order valence-electron chi connectivity index (χ1n) is 24.6. The third kappa shape index (κ3) is 8.84. The summed E-state index contributed by atoms with van der Waals surface area (Å²) in [6.07, 6.45) is 8.12. The SMILES string of the molecule is Nc1ncnc2c1c(-c1ccc(Oc3ccccc3)cc1)nn2C1CCN(CC2CCN(C(=O)N3CCC(N4CCN(c5ccc6c(c5)CN(C5CCC(=O)NC5=O)C6=O)CC4)CC3)CC2)CC1. The number of nitrogens with one attached hydrogen (secondary N) is 1. The molecule has 1 unspecified atom stereocenters. The van der Waals surface area contributed by atoms with Crippen molar-refractivity contribution in [3.8, 4) is 22.8 Å². The van der Waals surface area contributed by atoms with E-state index in [1.807, 2.05) is 66.7 Å². The molecule has 5 aromatic rings. The Kier molecular flexibility index (Phi) is 12.2. The number of piperidine rings is 4. The normalized spacial score (nSPS) is 21.7. The van der Waals surface area contributed by atoms with Gasteiger partial charge in [-0.1, -0.05) is 18.2 Å². The zero-order valence-corrected chi connectivity index (χ0v) is 38.5. The molecule has 17 heteroatoms. The van der Waals surface area contributed by atoms with Crippen molar-refractivity contribution in [2.45, 2.75) is 76.0 Å². The van der Waals surface area contributed by atoms with Crippen LogP contribution >= 0.6 is 0 Å². The van der Waals surface area contributed by atoms with Crippen LogP contribution < -0.4 is 20.7 Å². The number of anilines is 2. The molecule has 5 fully saturated rings. The second-order valence-corrected chi connectivity index (χ2v) is 19.4. The van der Waals surface area contributed by atoms with Crippen LogP contribution in [0.25, 0.3) is 22.3 Å². The Morgan fingerprint density at radius 1 is 0.735 bits per heavy atom. The molecule has 354 valence electrons. The number of nitrogen functional groups attached to an aromatic ring is 1. The van der Waals surface area contributed by atoms with Gasteiger partial charge in [-0.3, -0.25) is 24.6 Å². The molecule has 0 aliphatic carbocycles. The van der Waals surface area contributed by atoms with Gasteiger partial charge in [0.25, 0.3) is 5.91 Å². The molecule has 0 saturated carbocycles. The fraction of sp³-hybridized carbons (Fsp3) is 0.471. The molecule has 0 bridgehead atoms. The highest BCUT2D eigenvalue weighted by Crippen LogP contribution is 2.36. The van der Waals surface area contributed by atoms with Crippen LogP contribution in [0.2, 0.25) is 0 Å². The molecule has 6 aliphatic heterocycles. The van der Waals surface area contributed by atoms with Gasteiger partial charge in [-0.15, -0.1) is 0 Å². The summed E-state index contributed by atoms with van der Waals surface area (Å²) < 4.78 is 8.10. The summed E-state index contributed by atoms with van der Waals surface area (Å²) in [4.78, 5) is 73.5. The van der Waals surface area contributed by atoms with E-state index in [1.54, 1.807) is 4.90 Å². The minimum Gasteiger partial charge on any atom is -0.457 e. The summed E-state index contributed by atoms with van der Waals surface area (Å²) in [7, 11) is 0. The molecular formula is C51H60N12O5. The number of carbonyl (C=O) groups excluding carboxylic acids is 4. The van der Waals surface area contributed by atoms with Crippen molar-refractivity contribution in [1.82, 2.24) is 49.6 Å². The zero-order valence-electron chi connectivity index (χ0n) is 38.5. The van der Waals surface area contributed by atoms with Crippen molar-refractivity contribution in [3.05, 3.63) is 90.3 Å². The predicted molar refractivity (Wildman–Crippen MR) is 257 cm³/mol. The number of nitrogens with two attached hydrogens (primary N) is 1. The fourth-order valence-corrected chi connectivity index (χ4v) is 11.5. The first-order chi connectivity index (χ1) is 33.2. The maximum absolute atomic E-state index is 13.8. The van der Waals surface area contributed by atoms with E-state index >= 15 is 0 Å². The second-order valence-electron chi connectivity index (χ2n) is 19.4. The lowest BCUT2D eigenvalue weighted by molar-refractivity contribution is -0.136. The number of imide groups is 1. The Morgan fingerprint density at radius 2 is 1.43 bits per heavy atom. The molecule has 68 heavy (non-hydrogen) atoms. The maximum Gasteiger partial charge on any atom is 0.319 e. The Balaban J connectivity index is 0.614. The minimum atomic E-state index is -0.608. The van der Waals surface area contributed by atoms with E-state index in [0.29, 0.717) is 36.3 Å². The highest BCUT2D eigenvalue weighted by molar-refractivity contribution is 6.05. The molecule has 8 heterocycles. The van der Waals surface area contributed by atoms with Crippen LogP contribution in [0.15, 0.2) is 79.1 Å². The van der Waals surface area contributed by atoms with Gasteiger partial charge >= 0.3 is 6.03 Å². The lowest BCUT2D eigenvalue weighted by Crippen LogP contribution is -2.55. The largest absolute Gasteiger partial charge is 0.457 e. The summed E-state index contributed by atoms with van der Waals surface area (Å²) >= 11 is 0. The van der Waals surface area contributed by atoms with Gasteiger partial charge in [0, 0.05) is 108 Å². The van der Waals surface area contributed by atoms with Gasteiger partial charge in [-0.05, 0) is 111 Å². The van der Waals surface area contributed by atoms with Crippen molar-refractivity contribution in [1.29, 1.82) is 0 Å². The quantitative estimate of drug-likeness (QED) is 0.181. The van der Waals surface area contributed by atoms with E-state index < -0.39 is 6.04 Å². The molecule has 6 aliphatic rings. The van der Waals surface area contributed by atoms with Gasteiger partial charge in [-0.25, -0.2) is 19.4 Å². The van der Waals surface area contributed by atoms with Crippen LogP contribution in [0.1, 0.15) is 73.3 Å². The highest BCUT2D eigenvalue weighted by atomic mass is 16.5. The number of fused-ring (bicyclic) bond motifs is 2. The number of rotatable bonds is 9. The molecule has 3 aromatic carbocycles. The maximum atomic E-state index is 13.8. The van der Waals surface area contributed by atoms with Gasteiger partial charge in [0.1, 0.15) is 35.4 Å². The second kappa shape index (κ2) is 18.8. The number of nitrogens with zero attached hydrogens (tertiary/aromatic N) is 10. The third-order valence-electron chi connectivity index (χ3n) is 15.4. The number of ether oxygens (including phenoxy) is 1. The van der Waals surface area contributed by atoms with Crippen LogP contribution in [0.5, 0.6) is 11.5 Å². The monoisotopic (exact) mass is 920 g/mol. The number of hydrogen-bond donors (Lipinski definition) is 2. The smallest absolute Gasteiger partial charge is 0.319 e. The van der Waals surface area contributed by atoms with Crippen molar-refractivity contribution in [2.24, 2.45) is 5.92 Å². The summed E-state index contributed by atoms with van der Waals surface area (Å²) in [6, 6.07) is 23.9. The molecular weight excluding hydrogens is 861 g/mol. The van der Waals surface area contributed by atoms with E-state index in [4.69, 9.17) is 15.6 Å². The van der Waals surface area contributed by atoms with Crippen molar-refractivity contribution in [2.75, 3.05) is 82.6 Å². The van der Waals surface area contributed by atoms with Crippen LogP contribution in [0.4, 0.5) is 16.3 Å². The lowest BCUT2D eigenvalue weighted by Gasteiger charge is -2.44. The topological polar surface area (TPSA) is 179 Å². The Labute approximate surface area is 396 Å². The summed E-state index contributed by atoms with van der Waals surface area (Å²) in [6.45, 7) is 10.3. The molecule has 5 saturated heterocycles. The van der Waals surface area contributed by atoms with E-state index in [9.17, 15) is 19.2 Å². The van der Waals surface area contributed by atoms with Gasteiger partial charge in [0.15, 0.2) is 5.65 Å². The van der Waals surface area contributed by atoms with Crippen LogP contribution in [0.3, 0.4) is 0 Å². The number of para-hydroxylation sites is 1. The van der Waals surface area contributed by atoms with Crippen LogP contribution in [-0.2, 0) is 16.1 Å². The number of carbonyl (C=O) groups is 4. The zero-order chi connectivity index (χ0) is 46.3. The number of likely N-dealkylation sites (tertiary alicyclic amines) is 3. The molecule has 11 rings (SSSR count). The van der Waals surface area contributed by atoms with E-state index in [2.05, 4.69) is 50.5 Å². The van der Waals surface area contributed by atoms with Crippen molar-refractivity contribution in [3.63, 3.8) is 0 Å². The predicted octanol–water partition coefficient (Wildman–Crippen LogP) is 5.38. The van der Waals surface area contributed by atoms with Gasteiger partial charge in [0.05, 0.1) is 11.4 Å². The van der Waals surface area contributed by atoms with Crippen molar-refractivity contribution >= 4 is 46.3 Å².